The van der Waals surface area contributed by atoms with Crippen molar-refractivity contribution < 1.29 is 27.5 Å². The van der Waals surface area contributed by atoms with E-state index in [1.807, 2.05) is 0 Å². The summed E-state index contributed by atoms with van der Waals surface area (Å²) in [4.78, 5) is 24.2. The number of ether oxygens (including phenoxy) is 2. The molecule has 2 unspecified atom stereocenters. The Morgan fingerprint density at radius 2 is 1.85 bits per heavy atom. The fraction of sp³-hybridized carbons (Fsp3) is 0.556. The SMILES string of the molecule is CCOC(=O)C1C[C@@H]1C(NC(=O)OC(C)(C)C)S(=O)(=O)c1ccccc1. The molecule has 8 heteroatoms. The van der Waals surface area contributed by atoms with Crippen molar-refractivity contribution in [3.8, 4) is 0 Å². The highest BCUT2D eigenvalue weighted by atomic mass is 32.2. The summed E-state index contributed by atoms with van der Waals surface area (Å²) in [6.07, 6.45) is -0.498. The van der Waals surface area contributed by atoms with Crippen LogP contribution in [-0.4, -0.2) is 38.1 Å². The van der Waals surface area contributed by atoms with Gasteiger partial charge in [-0.05, 0) is 46.2 Å². The van der Waals surface area contributed by atoms with Crippen molar-refractivity contribution in [3.05, 3.63) is 30.3 Å². The maximum Gasteiger partial charge on any atom is 0.408 e. The van der Waals surface area contributed by atoms with Crippen LogP contribution in [0.25, 0.3) is 0 Å². The van der Waals surface area contributed by atoms with Gasteiger partial charge in [-0.3, -0.25) is 4.79 Å². The van der Waals surface area contributed by atoms with Crippen LogP contribution in [0.5, 0.6) is 0 Å². The van der Waals surface area contributed by atoms with Crippen LogP contribution in [0.4, 0.5) is 4.79 Å². The van der Waals surface area contributed by atoms with E-state index in [4.69, 9.17) is 9.47 Å². The minimum absolute atomic E-state index is 0.0792. The molecule has 144 valence electrons. The number of benzene rings is 1. The van der Waals surface area contributed by atoms with Crippen molar-refractivity contribution in [1.29, 1.82) is 0 Å². The Kier molecular flexibility index (Phi) is 5.95. The molecule has 2 rings (SSSR count). The zero-order valence-electron chi connectivity index (χ0n) is 15.4. The van der Waals surface area contributed by atoms with Gasteiger partial charge in [0.15, 0.2) is 9.84 Å². The molecule has 0 aliphatic heterocycles. The van der Waals surface area contributed by atoms with Gasteiger partial charge in [0, 0.05) is 5.92 Å². The third kappa shape index (κ3) is 4.97. The summed E-state index contributed by atoms with van der Waals surface area (Å²) in [5.41, 5.74) is -0.769. The molecular weight excluding hydrogens is 358 g/mol. The van der Waals surface area contributed by atoms with E-state index in [-0.39, 0.29) is 11.5 Å². The average Bonchev–Trinajstić information content (AvgIpc) is 3.32. The normalized spacial score (nSPS) is 20.8. The molecular formula is C18H25NO6S. The van der Waals surface area contributed by atoms with Crippen molar-refractivity contribution in [3.63, 3.8) is 0 Å². The lowest BCUT2D eigenvalue weighted by Gasteiger charge is -2.24. The van der Waals surface area contributed by atoms with Gasteiger partial charge in [-0.1, -0.05) is 18.2 Å². The summed E-state index contributed by atoms with van der Waals surface area (Å²) in [5.74, 6) is -1.54. The number of hydrogen-bond acceptors (Lipinski definition) is 6. The van der Waals surface area contributed by atoms with E-state index >= 15 is 0 Å². The van der Waals surface area contributed by atoms with Gasteiger partial charge in [0.05, 0.1) is 17.4 Å². The van der Waals surface area contributed by atoms with Gasteiger partial charge in [0.2, 0.25) is 0 Å². The number of rotatable bonds is 6. The maximum atomic E-state index is 13.0. The predicted molar refractivity (Wildman–Crippen MR) is 95.0 cm³/mol. The highest BCUT2D eigenvalue weighted by molar-refractivity contribution is 7.92. The van der Waals surface area contributed by atoms with Gasteiger partial charge in [-0.15, -0.1) is 0 Å². The van der Waals surface area contributed by atoms with Crippen LogP contribution in [0.3, 0.4) is 0 Å². The van der Waals surface area contributed by atoms with Crippen LogP contribution in [0, 0.1) is 11.8 Å². The van der Waals surface area contributed by atoms with Crippen molar-refractivity contribution >= 4 is 21.9 Å². The first kappa shape index (κ1) is 20.2. The highest BCUT2D eigenvalue weighted by Gasteiger charge is 2.54. The number of alkyl carbamates (subject to hydrolysis) is 1. The van der Waals surface area contributed by atoms with Crippen molar-refractivity contribution in [2.75, 3.05) is 6.61 Å². The number of carbonyl (C=O) groups excluding carboxylic acids is 2. The van der Waals surface area contributed by atoms with Gasteiger partial charge >= 0.3 is 12.1 Å². The van der Waals surface area contributed by atoms with E-state index in [0.717, 1.165) is 0 Å². The molecule has 1 saturated carbocycles. The molecule has 1 N–H and O–H groups in total. The Labute approximate surface area is 154 Å². The van der Waals surface area contributed by atoms with Crippen LogP contribution in [0.15, 0.2) is 35.2 Å². The first-order valence-electron chi connectivity index (χ1n) is 8.51. The molecule has 0 radical (unpaired) electrons. The summed E-state index contributed by atoms with van der Waals surface area (Å²) >= 11 is 0. The number of esters is 1. The third-order valence-electron chi connectivity index (χ3n) is 3.88. The summed E-state index contributed by atoms with van der Waals surface area (Å²) < 4.78 is 36.2. The number of amides is 1. The first-order valence-corrected chi connectivity index (χ1v) is 10.1. The fourth-order valence-electron chi connectivity index (χ4n) is 2.66. The molecule has 26 heavy (non-hydrogen) atoms. The molecule has 1 aliphatic carbocycles. The molecule has 1 amide bonds. The quantitative estimate of drug-likeness (QED) is 0.758. The molecule has 1 aromatic carbocycles. The van der Waals surface area contributed by atoms with Crippen LogP contribution in [-0.2, 0) is 24.1 Å². The molecule has 0 saturated heterocycles. The summed E-state index contributed by atoms with van der Waals surface area (Å²) in [6, 6.07) is 7.83. The molecule has 1 aliphatic rings. The molecule has 7 nitrogen and oxygen atoms in total. The van der Waals surface area contributed by atoms with E-state index < -0.39 is 44.7 Å². The van der Waals surface area contributed by atoms with Crippen LogP contribution in [0.2, 0.25) is 0 Å². The lowest BCUT2D eigenvalue weighted by molar-refractivity contribution is -0.145. The zero-order chi connectivity index (χ0) is 19.5. The van der Waals surface area contributed by atoms with E-state index in [2.05, 4.69) is 5.32 Å². The highest BCUT2D eigenvalue weighted by Crippen LogP contribution is 2.45. The summed E-state index contributed by atoms with van der Waals surface area (Å²) in [6.45, 7) is 6.97. The van der Waals surface area contributed by atoms with Gasteiger partial charge in [-0.2, -0.15) is 0 Å². The fourth-order valence-corrected chi connectivity index (χ4v) is 4.51. The standard InChI is InChI=1S/C18H25NO6S/c1-5-24-16(20)14-11-13(14)15(19-17(21)25-18(2,3)4)26(22,23)12-9-7-6-8-10-12/h6-10,13-15H,5,11H2,1-4H3,(H,19,21)/t13-,14?,15?/m0/s1. The second-order valence-electron chi connectivity index (χ2n) is 7.18. The van der Waals surface area contributed by atoms with E-state index in [9.17, 15) is 18.0 Å². The van der Waals surface area contributed by atoms with Crippen LogP contribution < -0.4 is 5.32 Å². The molecule has 0 heterocycles. The van der Waals surface area contributed by atoms with Crippen LogP contribution in [0.1, 0.15) is 34.1 Å². The Balaban J connectivity index is 2.26. The second kappa shape index (κ2) is 7.65. The summed E-state index contributed by atoms with van der Waals surface area (Å²) in [5, 5.41) is 1.19. The number of carbonyl (C=O) groups is 2. The number of nitrogens with one attached hydrogen (secondary N) is 1. The molecule has 0 aromatic heterocycles. The third-order valence-corrected chi connectivity index (χ3v) is 5.95. The molecule has 1 fully saturated rings. The Hall–Kier alpha value is -2.09. The summed E-state index contributed by atoms with van der Waals surface area (Å²) in [7, 11) is -3.89. The molecule has 0 spiro atoms. The van der Waals surface area contributed by atoms with E-state index in [0.29, 0.717) is 6.42 Å². The Bertz CT molecular complexity index is 754. The van der Waals surface area contributed by atoms with Gasteiger partial charge in [0.1, 0.15) is 11.0 Å². The van der Waals surface area contributed by atoms with Crippen LogP contribution >= 0.6 is 0 Å². The number of sulfone groups is 1. The van der Waals surface area contributed by atoms with Crippen molar-refractivity contribution in [2.24, 2.45) is 11.8 Å². The molecule has 1 aromatic rings. The first-order chi connectivity index (χ1) is 12.1. The predicted octanol–water partition coefficient (Wildman–Crippen LogP) is 2.51. The smallest absolute Gasteiger partial charge is 0.408 e. The Morgan fingerprint density at radius 1 is 1.23 bits per heavy atom. The minimum Gasteiger partial charge on any atom is -0.466 e. The lowest BCUT2D eigenvalue weighted by atomic mass is 10.2. The molecule has 3 atom stereocenters. The van der Waals surface area contributed by atoms with Gasteiger partial charge < -0.3 is 14.8 Å². The zero-order valence-corrected chi connectivity index (χ0v) is 16.2. The maximum absolute atomic E-state index is 13.0. The molecule has 0 bridgehead atoms. The average molecular weight is 383 g/mol. The van der Waals surface area contributed by atoms with E-state index in [1.165, 1.54) is 12.1 Å². The van der Waals surface area contributed by atoms with Gasteiger partial charge in [-0.25, -0.2) is 13.2 Å². The van der Waals surface area contributed by atoms with Crippen molar-refractivity contribution in [2.45, 2.75) is 50.0 Å². The number of hydrogen-bond donors (Lipinski definition) is 1. The second-order valence-corrected chi connectivity index (χ2v) is 9.25. The van der Waals surface area contributed by atoms with Gasteiger partial charge in [0.25, 0.3) is 0 Å². The van der Waals surface area contributed by atoms with Crippen molar-refractivity contribution in [1.82, 2.24) is 5.32 Å². The lowest BCUT2D eigenvalue weighted by Crippen LogP contribution is -2.45. The topological polar surface area (TPSA) is 98.8 Å². The Morgan fingerprint density at radius 3 is 2.38 bits per heavy atom. The minimum atomic E-state index is -3.89. The monoisotopic (exact) mass is 383 g/mol. The van der Waals surface area contributed by atoms with E-state index in [1.54, 1.807) is 45.9 Å². The largest absolute Gasteiger partial charge is 0.466 e.